The summed E-state index contributed by atoms with van der Waals surface area (Å²) in [5.41, 5.74) is 1.07. The van der Waals surface area contributed by atoms with E-state index in [1.54, 1.807) is 0 Å². The van der Waals surface area contributed by atoms with Gasteiger partial charge in [-0.3, -0.25) is 0 Å². The Hall–Kier alpha value is -1.00. The normalized spacial score (nSPS) is 12.9. The van der Waals surface area contributed by atoms with Crippen molar-refractivity contribution in [2.45, 2.75) is 25.8 Å². The third-order valence-electron chi connectivity index (χ3n) is 2.37. The van der Waals surface area contributed by atoms with E-state index in [1.165, 1.54) is 0 Å². The summed E-state index contributed by atoms with van der Waals surface area (Å²) in [4.78, 5) is 0. The molecule has 0 saturated heterocycles. The molecule has 0 fully saturated rings. The zero-order valence-corrected chi connectivity index (χ0v) is 10.0. The Morgan fingerprint density at radius 1 is 1.18 bits per heavy atom. The van der Waals surface area contributed by atoms with Crippen molar-refractivity contribution < 1.29 is 13.5 Å². The van der Waals surface area contributed by atoms with E-state index < -0.39 is 13.0 Å². The molecule has 0 saturated carbocycles. The van der Waals surface area contributed by atoms with Crippen LogP contribution < -0.4 is 5.32 Å². The van der Waals surface area contributed by atoms with Crippen molar-refractivity contribution in [1.29, 1.82) is 0 Å². The molecule has 4 heteroatoms. The second-order valence-corrected chi connectivity index (χ2v) is 3.85. The van der Waals surface area contributed by atoms with Crippen LogP contribution in [0.5, 0.6) is 0 Å². The lowest BCUT2D eigenvalue weighted by Gasteiger charge is -2.19. The van der Waals surface area contributed by atoms with Crippen LogP contribution in [0, 0.1) is 0 Å². The van der Waals surface area contributed by atoms with Gasteiger partial charge in [-0.25, -0.2) is 8.78 Å². The fourth-order valence-electron chi connectivity index (χ4n) is 1.55. The Morgan fingerprint density at radius 2 is 1.88 bits per heavy atom. The lowest BCUT2D eigenvalue weighted by molar-refractivity contribution is 0.00921. The monoisotopic (exact) mass is 243 g/mol. The van der Waals surface area contributed by atoms with Crippen molar-refractivity contribution in [2.24, 2.45) is 0 Å². The summed E-state index contributed by atoms with van der Waals surface area (Å²) in [6.45, 7) is 2.68. The molecule has 96 valence electrons. The summed E-state index contributed by atoms with van der Waals surface area (Å²) in [7, 11) is 0. The third-order valence-corrected chi connectivity index (χ3v) is 2.37. The van der Waals surface area contributed by atoms with Gasteiger partial charge in [-0.1, -0.05) is 37.3 Å². The minimum atomic E-state index is -2.41. The first-order chi connectivity index (χ1) is 8.24. The van der Waals surface area contributed by atoms with Gasteiger partial charge in [0.05, 0.1) is 12.6 Å². The Labute approximate surface area is 101 Å². The van der Waals surface area contributed by atoms with E-state index in [0.717, 1.165) is 18.5 Å². The molecule has 1 unspecified atom stereocenters. The van der Waals surface area contributed by atoms with Crippen LogP contribution in [0.4, 0.5) is 8.78 Å². The minimum Gasteiger partial charge on any atom is -0.374 e. The van der Waals surface area contributed by atoms with Crippen molar-refractivity contribution >= 4 is 0 Å². The maximum Gasteiger partial charge on any atom is 0.261 e. The first-order valence-corrected chi connectivity index (χ1v) is 5.88. The summed E-state index contributed by atoms with van der Waals surface area (Å²) in [5.74, 6) is 0. The minimum absolute atomic E-state index is 0.0186. The quantitative estimate of drug-likeness (QED) is 0.757. The van der Waals surface area contributed by atoms with Gasteiger partial charge in [0.2, 0.25) is 0 Å². The van der Waals surface area contributed by atoms with Crippen molar-refractivity contribution in [3.8, 4) is 0 Å². The molecule has 0 aliphatic rings. The second kappa shape index (κ2) is 8.14. The molecule has 0 aromatic heterocycles. The Balaban J connectivity index is 2.48. The van der Waals surface area contributed by atoms with E-state index in [-0.39, 0.29) is 12.6 Å². The number of nitrogens with one attached hydrogen (secondary N) is 1. The molecule has 1 aromatic rings. The highest BCUT2D eigenvalue weighted by molar-refractivity contribution is 5.18. The van der Waals surface area contributed by atoms with Gasteiger partial charge in [-0.15, -0.1) is 0 Å². The molecule has 0 aliphatic heterocycles. The number of halogens is 2. The maximum atomic E-state index is 12.0. The smallest absolute Gasteiger partial charge is 0.261 e. The topological polar surface area (TPSA) is 21.3 Å². The van der Waals surface area contributed by atoms with E-state index in [0.29, 0.717) is 0 Å². The summed E-state index contributed by atoms with van der Waals surface area (Å²) >= 11 is 0. The number of benzene rings is 1. The van der Waals surface area contributed by atoms with Gasteiger partial charge in [-0.05, 0) is 18.5 Å². The highest BCUT2D eigenvalue weighted by atomic mass is 19.3. The third kappa shape index (κ3) is 5.75. The van der Waals surface area contributed by atoms with Gasteiger partial charge in [0, 0.05) is 0 Å². The fraction of sp³-hybridized carbons (Fsp3) is 0.538. The number of ether oxygens (including phenoxy) is 1. The van der Waals surface area contributed by atoms with E-state index >= 15 is 0 Å². The number of rotatable bonds is 8. The fourth-order valence-corrected chi connectivity index (χ4v) is 1.55. The van der Waals surface area contributed by atoms with E-state index in [2.05, 4.69) is 12.2 Å². The number of hydrogen-bond acceptors (Lipinski definition) is 2. The average molecular weight is 243 g/mol. The molecule has 1 atom stereocenters. The van der Waals surface area contributed by atoms with E-state index in [1.807, 2.05) is 30.3 Å². The summed E-state index contributed by atoms with van der Waals surface area (Å²) in [5, 5.41) is 3.29. The van der Waals surface area contributed by atoms with Crippen LogP contribution in [-0.2, 0) is 4.74 Å². The van der Waals surface area contributed by atoms with Crippen LogP contribution in [0.2, 0.25) is 0 Å². The first-order valence-electron chi connectivity index (χ1n) is 5.88. The van der Waals surface area contributed by atoms with Gasteiger partial charge in [0.15, 0.2) is 0 Å². The molecule has 1 rings (SSSR count). The zero-order chi connectivity index (χ0) is 12.5. The van der Waals surface area contributed by atoms with Crippen LogP contribution in [-0.4, -0.2) is 26.2 Å². The van der Waals surface area contributed by atoms with Crippen LogP contribution in [0.15, 0.2) is 30.3 Å². The van der Waals surface area contributed by atoms with Gasteiger partial charge in [0.1, 0.15) is 6.61 Å². The summed E-state index contributed by atoms with van der Waals surface area (Å²) in [6.07, 6.45) is -1.41. The van der Waals surface area contributed by atoms with Crippen LogP contribution in [0.1, 0.15) is 24.9 Å². The van der Waals surface area contributed by atoms with Crippen LogP contribution in [0.25, 0.3) is 0 Å². The molecule has 0 radical (unpaired) electrons. The SMILES string of the molecule is CCCNC(COCC(F)F)c1ccccc1. The van der Waals surface area contributed by atoms with Crippen molar-refractivity contribution in [3.63, 3.8) is 0 Å². The van der Waals surface area contributed by atoms with Crippen molar-refractivity contribution in [3.05, 3.63) is 35.9 Å². The van der Waals surface area contributed by atoms with Gasteiger partial charge >= 0.3 is 0 Å². The summed E-state index contributed by atoms with van der Waals surface area (Å²) in [6, 6.07) is 9.72. The molecular formula is C13H19F2NO. The predicted octanol–water partition coefficient (Wildman–Crippen LogP) is 3.01. The largest absolute Gasteiger partial charge is 0.374 e. The Bertz CT molecular complexity index is 293. The Kier molecular flexibility index (Phi) is 6.74. The second-order valence-electron chi connectivity index (χ2n) is 3.85. The zero-order valence-electron chi connectivity index (χ0n) is 10.0. The summed E-state index contributed by atoms with van der Waals surface area (Å²) < 4.78 is 29.0. The first kappa shape index (κ1) is 14.1. The van der Waals surface area contributed by atoms with Crippen LogP contribution in [0.3, 0.4) is 0 Å². The molecule has 0 aliphatic carbocycles. The molecule has 2 nitrogen and oxygen atoms in total. The Morgan fingerprint density at radius 3 is 2.47 bits per heavy atom. The molecule has 0 heterocycles. The molecule has 17 heavy (non-hydrogen) atoms. The lowest BCUT2D eigenvalue weighted by atomic mass is 10.1. The molecule has 0 amide bonds. The molecule has 1 N–H and O–H groups in total. The van der Waals surface area contributed by atoms with Crippen LogP contribution >= 0.6 is 0 Å². The van der Waals surface area contributed by atoms with Crippen molar-refractivity contribution in [1.82, 2.24) is 5.32 Å². The molecule has 1 aromatic carbocycles. The number of alkyl halides is 2. The van der Waals surface area contributed by atoms with Gasteiger partial charge < -0.3 is 10.1 Å². The van der Waals surface area contributed by atoms with E-state index in [4.69, 9.17) is 4.74 Å². The highest BCUT2D eigenvalue weighted by Gasteiger charge is 2.11. The predicted molar refractivity (Wildman–Crippen MR) is 64.3 cm³/mol. The number of hydrogen-bond donors (Lipinski definition) is 1. The van der Waals surface area contributed by atoms with Gasteiger partial charge in [0.25, 0.3) is 6.43 Å². The van der Waals surface area contributed by atoms with E-state index in [9.17, 15) is 8.78 Å². The lowest BCUT2D eigenvalue weighted by Crippen LogP contribution is -2.27. The standard InChI is InChI=1S/C13H19F2NO/c1-2-8-16-12(9-17-10-13(14)15)11-6-4-3-5-7-11/h3-7,12-13,16H,2,8-10H2,1H3. The highest BCUT2D eigenvalue weighted by Crippen LogP contribution is 2.13. The average Bonchev–Trinajstić information content (AvgIpc) is 2.34. The molecular weight excluding hydrogens is 224 g/mol. The van der Waals surface area contributed by atoms with Gasteiger partial charge in [-0.2, -0.15) is 0 Å². The molecule has 0 spiro atoms. The molecule has 0 bridgehead atoms. The van der Waals surface area contributed by atoms with Crippen molar-refractivity contribution in [2.75, 3.05) is 19.8 Å². The maximum absolute atomic E-state index is 12.0.